The highest BCUT2D eigenvalue weighted by Gasteiger charge is 2.30. The van der Waals surface area contributed by atoms with Crippen molar-refractivity contribution in [3.05, 3.63) is 29.3 Å². The zero-order chi connectivity index (χ0) is 12.6. The molecule has 1 saturated carbocycles. The van der Waals surface area contributed by atoms with Crippen molar-refractivity contribution >= 4 is 5.69 Å². The van der Waals surface area contributed by atoms with Crippen LogP contribution in [-0.2, 0) is 12.0 Å². The second-order valence-corrected chi connectivity index (χ2v) is 6.09. The van der Waals surface area contributed by atoms with Crippen LogP contribution in [0.2, 0.25) is 0 Å². The Morgan fingerprint density at radius 3 is 2.67 bits per heavy atom. The van der Waals surface area contributed by atoms with Gasteiger partial charge in [0.05, 0.1) is 0 Å². The zero-order valence-corrected chi connectivity index (χ0v) is 11.4. The minimum Gasteiger partial charge on any atom is -0.374 e. The summed E-state index contributed by atoms with van der Waals surface area (Å²) in [6, 6.07) is 6.94. The summed E-state index contributed by atoms with van der Waals surface area (Å²) in [5.74, 6) is 0. The van der Waals surface area contributed by atoms with E-state index < -0.39 is 0 Å². The van der Waals surface area contributed by atoms with E-state index in [0.717, 1.165) is 12.8 Å². The average molecular weight is 244 g/mol. The molecular weight excluding hydrogens is 220 g/mol. The fraction of sp³-hybridized carbons (Fsp3) is 0.625. The molecule has 0 bridgehead atoms. The summed E-state index contributed by atoms with van der Waals surface area (Å²) < 4.78 is 0. The molecule has 2 N–H and O–H groups in total. The first-order valence-corrected chi connectivity index (χ1v) is 7.32. The fourth-order valence-electron chi connectivity index (χ4n) is 3.57. The van der Waals surface area contributed by atoms with Crippen LogP contribution in [-0.4, -0.2) is 13.6 Å². The van der Waals surface area contributed by atoms with E-state index in [9.17, 15) is 0 Å². The van der Waals surface area contributed by atoms with Crippen LogP contribution >= 0.6 is 0 Å². The molecule has 1 aromatic rings. The highest BCUT2D eigenvalue weighted by Crippen LogP contribution is 2.37. The van der Waals surface area contributed by atoms with E-state index in [1.807, 2.05) is 0 Å². The minimum atomic E-state index is -0.0523. The Labute approximate surface area is 110 Å². The number of hydrogen-bond donors (Lipinski definition) is 1. The highest BCUT2D eigenvalue weighted by molar-refractivity contribution is 5.57. The molecule has 18 heavy (non-hydrogen) atoms. The van der Waals surface area contributed by atoms with Crippen molar-refractivity contribution < 1.29 is 0 Å². The normalized spacial score (nSPS) is 22.7. The van der Waals surface area contributed by atoms with Crippen LogP contribution in [0.3, 0.4) is 0 Å². The van der Waals surface area contributed by atoms with Gasteiger partial charge < -0.3 is 10.6 Å². The maximum Gasteiger partial charge on any atom is 0.0409 e. The number of rotatable bonds is 1. The number of fused-ring (bicyclic) bond motifs is 1. The molecule has 1 aliphatic carbocycles. The van der Waals surface area contributed by atoms with Gasteiger partial charge in [-0.2, -0.15) is 0 Å². The summed E-state index contributed by atoms with van der Waals surface area (Å²) in [5.41, 5.74) is 10.9. The van der Waals surface area contributed by atoms with Gasteiger partial charge in [0.1, 0.15) is 0 Å². The van der Waals surface area contributed by atoms with E-state index >= 15 is 0 Å². The standard InChI is InChI=1S/C16H24N2/c1-18-11-5-6-13-12-14(7-8-15(13)18)16(17)9-3-2-4-10-16/h7-8,12H,2-6,9-11,17H2,1H3. The summed E-state index contributed by atoms with van der Waals surface area (Å²) in [5, 5.41) is 0. The fourth-order valence-corrected chi connectivity index (χ4v) is 3.57. The third-order valence-electron chi connectivity index (χ3n) is 4.75. The van der Waals surface area contributed by atoms with Gasteiger partial charge in [-0.25, -0.2) is 0 Å². The number of aryl methyl sites for hydroxylation is 1. The Hall–Kier alpha value is -1.02. The summed E-state index contributed by atoms with van der Waals surface area (Å²) >= 11 is 0. The van der Waals surface area contributed by atoms with Gasteiger partial charge in [-0.3, -0.25) is 0 Å². The largest absolute Gasteiger partial charge is 0.374 e. The lowest BCUT2D eigenvalue weighted by atomic mass is 9.76. The van der Waals surface area contributed by atoms with E-state index in [1.165, 1.54) is 55.5 Å². The van der Waals surface area contributed by atoms with E-state index in [2.05, 4.69) is 30.1 Å². The van der Waals surface area contributed by atoms with Crippen LogP contribution in [0.1, 0.15) is 49.7 Å². The van der Waals surface area contributed by atoms with Crippen LogP contribution < -0.4 is 10.6 Å². The molecule has 1 aliphatic heterocycles. The van der Waals surface area contributed by atoms with Crippen molar-refractivity contribution in [1.82, 2.24) is 0 Å². The van der Waals surface area contributed by atoms with E-state index in [-0.39, 0.29) is 5.54 Å². The van der Waals surface area contributed by atoms with Gasteiger partial charge >= 0.3 is 0 Å². The maximum atomic E-state index is 6.63. The molecule has 2 nitrogen and oxygen atoms in total. The van der Waals surface area contributed by atoms with Gasteiger partial charge in [-0.1, -0.05) is 31.4 Å². The molecule has 2 heteroatoms. The Balaban J connectivity index is 1.94. The van der Waals surface area contributed by atoms with Crippen molar-refractivity contribution in [2.45, 2.75) is 50.5 Å². The van der Waals surface area contributed by atoms with Crippen LogP contribution in [0.5, 0.6) is 0 Å². The molecule has 0 spiro atoms. The summed E-state index contributed by atoms with van der Waals surface area (Å²) in [7, 11) is 2.19. The molecule has 3 rings (SSSR count). The van der Waals surface area contributed by atoms with Crippen molar-refractivity contribution in [1.29, 1.82) is 0 Å². The zero-order valence-electron chi connectivity index (χ0n) is 11.4. The summed E-state index contributed by atoms with van der Waals surface area (Å²) in [6.07, 6.45) is 8.71. The first kappa shape index (κ1) is 12.0. The molecule has 0 aromatic heterocycles. The SMILES string of the molecule is CN1CCCc2cc(C3(N)CCCCC3)ccc21. The summed E-state index contributed by atoms with van der Waals surface area (Å²) in [4.78, 5) is 2.37. The lowest BCUT2D eigenvalue weighted by molar-refractivity contribution is 0.302. The van der Waals surface area contributed by atoms with Gasteiger partial charge in [-0.15, -0.1) is 0 Å². The molecule has 98 valence electrons. The molecule has 0 amide bonds. The number of nitrogens with two attached hydrogens (primary N) is 1. The van der Waals surface area contributed by atoms with E-state index in [4.69, 9.17) is 5.73 Å². The lowest BCUT2D eigenvalue weighted by Crippen LogP contribution is -2.39. The molecular formula is C16H24N2. The van der Waals surface area contributed by atoms with Crippen LogP contribution in [0.25, 0.3) is 0 Å². The summed E-state index contributed by atoms with van der Waals surface area (Å²) in [6.45, 7) is 1.18. The predicted octanol–water partition coefficient (Wildman–Crippen LogP) is 3.19. The lowest BCUT2D eigenvalue weighted by Gasteiger charge is -2.36. The number of benzene rings is 1. The van der Waals surface area contributed by atoms with Crippen LogP contribution in [0, 0.1) is 0 Å². The number of nitrogens with zero attached hydrogens (tertiary/aromatic N) is 1. The van der Waals surface area contributed by atoms with Crippen LogP contribution in [0.4, 0.5) is 5.69 Å². The van der Waals surface area contributed by atoms with Crippen molar-refractivity contribution in [3.8, 4) is 0 Å². The first-order valence-electron chi connectivity index (χ1n) is 7.32. The molecule has 1 heterocycles. The smallest absolute Gasteiger partial charge is 0.0409 e. The highest BCUT2D eigenvalue weighted by atomic mass is 15.1. The van der Waals surface area contributed by atoms with Gasteiger partial charge in [0, 0.05) is 24.8 Å². The second kappa shape index (κ2) is 4.58. The minimum absolute atomic E-state index is 0.0523. The number of hydrogen-bond acceptors (Lipinski definition) is 2. The molecule has 0 radical (unpaired) electrons. The monoisotopic (exact) mass is 244 g/mol. The van der Waals surface area contributed by atoms with Crippen LogP contribution in [0.15, 0.2) is 18.2 Å². The third kappa shape index (κ3) is 2.03. The van der Waals surface area contributed by atoms with E-state index in [0.29, 0.717) is 0 Å². The third-order valence-corrected chi connectivity index (χ3v) is 4.75. The van der Waals surface area contributed by atoms with Crippen molar-refractivity contribution in [2.24, 2.45) is 5.73 Å². The molecule has 0 atom stereocenters. The average Bonchev–Trinajstić information content (AvgIpc) is 2.39. The number of anilines is 1. The van der Waals surface area contributed by atoms with Crippen molar-refractivity contribution in [2.75, 3.05) is 18.5 Å². The van der Waals surface area contributed by atoms with Crippen molar-refractivity contribution in [3.63, 3.8) is 0 Å². The first-order chi connectivity index (χ1) is 8.69. The maximum absolute atomic E-state index is 6.63. The molecule has 0 unspecified atom stereocenters. The van der Waals surface area contributed by atoms with Gasteiger partial charge in [0.25, 0.3) is 0 Å². The quantitative estimate of drug-likeness (QED) is 0.822. The van der Waals surface area contributed by atoms with Gasteiger partial charge in [0.2, 0.25) is 0 Å². The Morgan fingerprint density at radius 2 is 1.89 bits per heavy atom. The Bertz CT molecular complexity index is 433. The molecule has 1 fully saturated rings. The van der Waals surface area contributed by atoms with Gasteiger partial charge in [-0.05, 0) is 42.9 Å². The van der Waals surface area contributed by atoms with E-state index in [1.54, 1.807) is 0 Å². The Morgan fingerprint density at radius 1 is 1.11 bits per heavy atom. The molecule has 2 aliphatic rings. The topological polar surface area (TPSA) is 29.3 Å². The van der Waals surface area contributed by atoms with Gasteiger partial charge in [0.15, 0.2) is 0 Å². The predicted molar refractivity (Wildman–Crippen MR) is 77.0 cm³/mol. The molecule has 0 saturated heterocycles. The Kier molecular flexibility index (Phi) is 3.06. The second-order valence-electron chi connectivity index (χ2n) is 6.09. The molecule has 1 aromatic carbocycles.